The molecule has 0 fully saturated rings. The Kier molecular flexibility index (Phi) is 9.40. The van der Waals surface area contributed by atoms with Gasteiger partial charge < -0.3 is 5.11 Å². The first-order chi connectivity index (χ1) is 21.0. The van der Waals surface area contributed by atoms with Gasteiger partial charge in [0.15, 0.2) is 5.78 Å². The number of ketones is 1. The van der Waals surface area contributed by atoms with E-state index in [1.807, 2.05) is 48.5 Å². The van der Waals surface area contributed by atoms with Crippen molar-refractivity contribution in [3.8, 4) is 11.3 Å². The van der Waals surface area contributed by atoms with Gasteiger partial charge in [-0.15, -0.1) is 23.8 Å². The number of rotatable bonds is 4. The van der Waals surface area contributed by atoms with Gasteiger partial charge in [-0.2, -0.15) is 0 Å². The number of aryl methyl sites for hydroxylation is 1. The summed E-state index contributed by atoms with van der Waals surface area (Å²) in [7, 11) is 0. The van der Waals surface area contributed by atoms with Gasteiger partial charge >= 0.3 is 0 Å². The molecular formula is C39H27FIrNO2-. The molecule has 3 nitrogen and oxygen atoms in total. The first kappa shape index (κ1) is 30.5. The van der Waals surface area contributed by atoms with Crippen molar-refractivity contribution >= 4 is 44.0 Å². The Bertz CT molecular complexity index is 2130. The van der Waals surface area contributed by atoms with Crippen molar-refractivity contribution in [3.63, 3.8) is 0 Å². The number of carbonyl (C=O) groups excluding carboxylic acids is 1. The summed E-state index contributed by atoms with van der Waals surface area (Å²) in [6.07, 6.45) is 1.24. The molecule has 0 spiro atoms. The molecule has 1 heterocycles. The Hall–Kier alpha value is -4.96. The number of carbonyl (C=O) groups is 1. The normalized spacial score (nSPS) is 11.1. The van der Waals surface area contributed by atoms with Crippen molar-refractivity contribution in [2.24, 2.45) is 0 Å². The maximum atomic E-state index is 14.3. The molecule has 7 rings (SSSR count). The fraction of sp³-hybridized carbons (Fsp3) is 0.0256. The van der Waals surface area contributed by atoms with Crippen molar-refractivity contribution in [2.45, 2.75) is 6.92 Å². The maximum absolute atomic E-state index is 14.3. The third-order valence-corrected chi connectivity index (χ3v) is 7.29. The van der Waals surface area contributed by atoms with Crippen LogP contribution in [-0.2, 0) is 20.1 Å². The van der Waals surface area contributed by atoms with E-state index in [2.05, 4.69) is 37.3 Å². The second-order valence-corrected chi connectivity index (χ2v) is 10.2. The van der Waals surface area contributed by atoms with Crippen LogP contribution in [0.3, 0.4) is 0 Å². The summed E-state index contributed by atoms with van der Waals surface area (Å²) in [5.41, 5.74) is 5.01. The van der Waals surface area contributed by atoms with Crippen molar-refractivity contribution in [1.29, 1.82) is 0 Å². The van der Waals surface area contributed by atoms with Crippen molar-refractivity contribution in [2.75, 3.05) is 0 Å². The molecule has 0 bridgehead atoms. The van der Waals surface area contributed by atoms with E-state index in [0.717, 1.165) is 38.3 Å². The smallest absolute Gasteiger partial charge is 0.189 e. The van der Waals surface area contributed by atoms with E-state index >= 15 is 0 Å². The summed E-state index contributed by atoms with van der Waals surface area (Å²) in [6.45, 7) is 2.09. The molecule has 0 saturated heterocycles. The maximum Gasteiger partial charge on any atom is 0.189 e. The molecule has 1 N–H and O–H groups in total. The van der Waals surface area contributed by atoms with Crippen molar-refractivity contribution in [3.05, 3.63) is 168 Å². The third kappa shape index (κ3) is 6.35. The van der Waals surface area contributed by atoms with Gasteiger partial charge in [0.2, 0.25) is 0 Å². The van der Waals surface area contributed by atoms with E-state index in [4.69, 9.17) is 4.98 Å². The molecular weight excluding hydrogens is 726 g/mol. The molecule has 1 radical (unpaired) electrons. The van der Waals surface area contributed by atoms with Crippen LogP contribution < -0.4 is 0 Å². The molecule has 5 heteroatoms. The first-order valence-electron chi connectivity index (χ1n) is 13.9. The molecule has 0 aliphatic heterocycles. The largest absolute Gasteiger partial charge is 0.507 e. The van der Waals surface area contributed by atoms with E-state index in [1.54, 1.807) is 54.6 Å². The minimum absolute atomic E-state index is 0. The van der Waals surface area contributed by atoms with Crippen LogP contribution in [0.4, 0.5) is 4.39 Å². The third-order valence-electron chi connectivity index (χ3n) is 7.29. The van der Waals surface area contributed by atoms with Crippen LogP contribution in [0.15, 0.2) is 140 Å². The molecule has 0 atom stereocenters. The van der Waals surface area contributed by atoms with Crippen LogP contribution in [0.1, 0.15) is 21.5 Å². The van der Waals surface area contributed by atoms with Crippen molar-refractivity contribution in [1.82, 2.24) is 4.98 Å². The molecule has 6 aromatic carbocycles. The molecule has 217 valence electrons. The molecule has 0 aliphatic rings. The monoisotopic (exact) mass is 753 g/mol. The van der Waals surface area contributed by atoms with Gasteiger partial charge in [-0.1, -0.05) is 126 Å². The Morgan fingerprint density at radius 3 is 2.11 bits per heavy atom. The van der Waals surface area contributed by atoms with Crippen LogP contribution in [0.25, 0.3) is 49.5 Å². The summed E-state index contributed by atoms with van der Waals surface area (Å²) in [5.74, 6) is -0.440. The number of benzene rings is 6. The minimum atomic E-state index is -0.223. The summed E-state index contributed by atoms with van der Waals surface area (Å²) < 4.78 is 14.3. The number of allylic oxidation sites excluding steroid dienone is 1. The van der Waals surface area contributed by atoms with Gasteiger partial charge in [0.1, 0.15) is 11.6 Å². The van der Waals surface area contributed by atoms with Gasteiger partial charge in [-0.3, -0.25) is 9.78 Å². The number of pyridine rings is 1. The van der Waals surface area contributed by atoms with E-state index in [0.29, 0.717) is 16.5 Å². The quantitative estimate of drug-likeness (QED) is 0.0641. The average molecular weight is 753 g/mol. The van der Waals surface area contributed by atoms with E-state index in [1.165, 1.54) is 17.7 Å². The van der Waals surface area contributed by atoms with Crippen molar-refractivity contribution < 1.29 is 34.4 Å². The number of aromatic nitrogens is 1. The SMILES string of the molecule is Cc1ccc2c(-c3[c-]ccc4c(F)cccc34)nc3ccccc3c2c1.O=C(C=C(O)c1ccccc1)c1ccccc1.[Ir]. The van der Waals surface area contributed by atoms with Gasteiger partial charge in [-0.25, -0.2) is 4.39 Å². The number of hydrogen-bond acceptors (Lipinski definition) is 3. The average Bonchev–Trinajstić information content (AvgIpc) is 3.05. The fourth-order valence-corrected chi connectivity index (χ4v) is 5.17. The first-order valence-corrected chi connectivity index (χ1v) is 13.9. The zero-order chi connectivity index (χ0) is 29.8. The summed E-state index contributed by atoms with van der Waals surface area (Å²) >= 11 is 0. The molecule has 0 aliphatic carbocycles. The zero-order valence-electron chi connectivity index (χ0n) is 23.8. The summed E-state index contributed by atoms with van der Waals surface area (Å²) in [6, 6.07) is 44.4. The minimum Gasteiger partial charge on any atom is -0.507 e. The number of fused-ring (bicyclic) bond motifs is 4. The van der Waals surface area contributed by atoms with Gasteiger partial charge in [-0.05, 0) is 35.5 Å². The molecule has 0 amide bonds. The molecule has 7 aromatic rings. The van der Waals surface area contributed by atoms with E-state index in [-0.39, 0.29) is 37.5 Å². The second-order valence-electron chi connectivity index (χ2n) is 10.2. The second kappa shape index (κ2) is 13.6. The number of aliphatic hydroxyl groups excluding tert-OH is 1. The number of nitrogens with zero attached hydrogens (tertiary/aromatic N) is 1. The molecule has 44 heavy (non-hydrogen) atoms. The number of halogens is 1. The van der Waals surface area contributed by atoms with Crippen LogP contribution in [0.5, 0.6) is 0 Å². The standard InChI is InChI=1S/C24H15FN.C15H12O2.Ir/c1-15-12-13-20-21(14-15)18-6-2-3-11-23(18)26-24(20)19-9-4-8-17-16(19)7-5-10-22(17)25;16-14(12-7-3-1-4-8-12)11-15(17)13-9-5-2-6-10-13;/h2-8,10-14H,1H3;1-11,16H;/q-1;;. The van der Waals surface area contributed by atoms with Crippen LogP contribution >= 0.6 is 0 Å². The molecule has 1 aromatic heterocycles. The summed E-state index contributed by atoms with van der Waals surface area (Å²) in [5, 5.41) is 14.6. The van der Waals surface area contributed by atoms with E-state index in [9.17, 15) is 14.3 Å². The van der Waals surface area contributed by atoms with E-state index < -0.39 is 0 Å². The predicted octanol–water partition coefficient (Wildman–Crippen LogP) is 9.92. The Morgan fingerprint density at radius 1 is 0.705 bits per heavy atom. The number of aliphatic hydroxyl groups is 1. The predicted molar refractivity (Wildman–Crippen MR) is 174 cm³/mol. The molecule has 0 saturated carbocycles. The number of hydrogen-bond donors (Lipinski definition) is 1. The summed E-state index contributed by atoms with van der Waals surface area (Å²) in [4.78, 5) is 16.7. The number of para-hydroxylation sites is 1. The zero-order valence-corrected chi connectivity index (χ0v) is 26.2. The van der Waals surface area contributed by atoms with Gasteiger partial charge in [0, 0.05) is 42.7 Å². The van der Waals surface area contributed by atoms with Crippen LogP contribution in [-0.4, -0.2) is 15.9 Å². The van der Waals surface area contributed by atoms with Crippen LogP contribution in [0, 0.1) is 18.8 Å². The van der Waals surface area contributed by atoms with Crippen LogP contribution in [0.2, 0.25) is 0 Å². The Morgan fingerprint density at radius 2 is 1.36 bits per heavy atom. The Labute approximate surface area is 268 Å². The molecule has 0 unspecified atom stereocenters. The van der Waals surface area contributed by atoms with Gasteiger partial charge in [0.05, 0.1) is 5.52 Å². The topological polar surface area (TPSA) is 50.2 Å². The van der Waals surface area contributed by atoms with Gasteiger partial charge in [0.25, 0.3) is 0 Å². The fourth-order valence-electron chi connectivity index (χ4n) is 5.17. The Balaban J connectivity index is 0.000000187.